The summed E-state index contributed by atoms with van der Waals surface area (Å²) in [5, 5.41) is 3.21. The Bertz CT molecular complexity index is 664. The van der Waals surface area contributed by atoms with E-state index in [0.29, 0.717) is 5.92 Å². The Morgan fingerprint density at radius 3 is 2.57 bits per heavy atom. The highest BCUT2D eigenvalue weighted by Gasteiger charge is 2.17. The average Bonchev–Trinajstić information content (AvgIpc) is 2.99. The molecule has 0 unspecified atom stereocenters. The maximum Gasteiger partial charge on any atom is 0.0923 e. The van der Waals surface area contributed by atoms with Crippen LogP contribution in [-0.2, 0) is 6.42 Å². The topological polar surface area (TPSA) is 41.3 Å². The molecule has 3 nitrogen and oxygen atoms in total. The van der Waals surface area contributed by atoms with Gasteiger partial charge >= 0.3 is 0 Å². The first-order valence-corrected chi connectivity index (χ1v) is 8.33. The van der Waals surface area contributed by atoms with Crippen LogP contribution in [0.25, 0.3) is 0 Å². The third kappa shape index (κ3) is 4.07. The van der Waals surface area contributed by atoms with Crippen LogP contribution in [0.3, 0.4) is 0 Å². The van der Waals surface area contributed by atoms with Gasteiger partial charge in [-0.2, -0.15) is 0 Å². The van der Waals surface area contributed by atoms with Crippen molar-refractivity contribution in [1.82, 2.24) is 5.32 Å². The van der Waals surface area contributed by atoms with Gasteiger partial charge in [0.25, 0.3) is 0 Å². The van der Waals surface area contributed by atoms with Crippen LogP contribution in [0.2, 0.25) is 0 Å². The number of nitrogens with one attached hydrogen (secondary N) is 1. The van der Waals surface area contributed by atoms with Gasteiger partial charge in [0.2, 0.25) is 0 Å². The highest BCUT2D eigenvalue weighted by molar-refractivity contribution is 5.49. The fourth-order valence-corrected chi connectivity index (χ4v) is 3.13. The minimum atomic E-state index is 0.479. The molecule has 1 aliphatic heterocycles. The zero-order valence-corrected chi connectivity index (χ0v) is 13.7. The number of anilines is 1. The van der Waals surface area contributed by atoms with Gasteiger partial charge in [0.1, 0.15) is 0 Å². The molecule has 1 heterocycles. The van der Waals surface area contributed by atoms with Crippen LogP contribution in [0.4, 0.5) is 5.69 Å². The number of nitrogens with zero attached hydrogens (tertiary/aromatic N) is 1. The Labute approximate surface area is 138 Å². The third-order valence-electron chi connectivity index (χ3n) is 4.35. The normalized spacial score (nSPS) is 16.7. The SMILES string of the molecule is CCN(C[C@H]1C=C(N)NC1)c1cccc(Cc2ccccc2)c1. The van der Waals surface area contributed by atoms with Crippen LogP contribution in [0.15, 0.2) is 66.5 Å². The maximum absolute atomic E-state index is 5.82. The number of rotatable bonds is 6. The summed E-state index contributed by atoms with van der Waals surface area (Å²) in [4.78, 5) is 2.43. The van der Waals surface area contributed by atoms with Gasteiger partial charge in [-0.3, -0.25) is 0 Å². The minimum absolute atomic E-state index is 0.479. The minimum Gasteiger partial charge on any atom is -0.386 e. The quantitative estimate of drug-likeness (QED) is 0.861. The predicted octanol–water partition coefficient (Wildman–Crippen LogP) is 3.12. The van der Waals surface area contributed by atoms with Crippen LogP contribution < -0.4 is 16.0 Å². The van der Waals surface area contributed by atoms with E-state index in [1.165, 1.54) is 16.8 Å². The number of benzene rings is 2. The summed E-state index contributed by atoms with van der Waals surface area (Å²) in [6, 6.07) is 19.5. The second-order valence-electron chi connectivity index (χ2n) is 6.13. The average molecular weight is 307 g/mol. The number of nitrogens with two attached hydrogens (primary N) is 1. The van der Waals surface area contributed by atoms with E-state index in [1.54, 1.807) is 0 Å². The molecule has 1 atom stereocenters. The summed E-state index contributed by atoms with van der Waals surface area (Å²) in [5.74, 6) is 1.29. The first-order valence-electron chi connectivity index (χ1n) is 8.33. The molecule has 3 rings (SSSR count). The molecule has 0 radical (unpaired) electrons. The van der Waals surface area contributed by atoms with Gasteiger partial charge in [0.05, 0.1) is 5.82 Å². The summed E-state index contributed by atoms with van der Waals surface area (Å²) < 4.78 is 0. The molecule has 0 saturated heterocycles. The fraction of sp³-hybridized carbons (Fsp3) is 0.300. The van der Waals surface area contributed by atoms with E-state index in [2.05, 4.69) is 77.8 Å². The number of hydrogen-bond donors (Lipinski definition) is 2. The van der Waals surface area contributed by atoms with Crippen LogP contribution in [-0.4, -0.2) is 19.6 Å². The monoisotopic (exact) mass is 307 g/mol. The molecular formula is C20H25N3. The lowest BCUT2D eigenvalue weighted by atomic mass is 10.0. The molecule has 0 amide bonds. The first-order chi connectivity index (χ1) is 11.2. The van der Waals surface area contributed by atoms with Gasteiger partial charge in [-0.15, -0.1) is 0 Å². The summed E-state index contributed by atoms with van der Waals surface area (Å²) in [7, 11) is 0. The Morgan fingerprint density at radius 2 is 1.87 bits per heavy atom. The van der Waals surface area contributed by atoms with E-state index in [-0.39, 0.29) is 0 Å². The summed E-state index contributed by atoms with van der Waals surface area (Å²) >= 11 is 0. The van der Waals surface area contributed by atoms with Gasteiger partial charge in [0.15, 0.2) is 0 Å². The molecular weight excluding hydrogens is 282 g/mol. The van der Waals surface area contributed by atoms with Crippen molar-refractivity contribution >= 4 is 5.69 Å². The lowest BCUT2D eigenvalue weighted by molar-refractivity contribution is 0.623. The van der Waals surface area contributed by atoms with E-state index in [4.69, 9.17) is 5.73 Å². The lowest BCUT2D eigenvalue weighted by Gasteiger charge is -2.26. The Balaban J connectivity index is 1.72. The van der Waals surface area contributed by atoms with E-state index in [9.17, 15) is 0 Å². The Morgan fingerprint density at radius 1 is 1.09 bits per heavy atom. The van der Waals surface area contributed by atoms with Crippen LogP contribution >= 0.6 is 0 Å². The summed E-state index contributed by atoms with van der Waals surface area (Å²) in [5.41, 5.74) is 9.82. The molecule has 0 bridgehead atoms. The molecule has 0 aliphatic carbocycles. The standard InChI is InChI=1S/C20H25N3/c1-2-23(15-18-13-20(21)22-14-18)19-10-6-9-17(12-19)11-16-7-4-3-5-8-16/h3-10,12-13,18,22H,2,11,14-15,21H2,1H3/t18-/m0/s1. The van der Waals surface area contributed by atoms with Crippen LogP contribution in [0, 0.1) is 5.92 Å². The molecule has 3 N–H and O–H groups in total. The van der Waals surface area contributed by atoms with Crippen molar-refractivity contribution in [3.8, 4) is 0 Å². The molecule has 120 valence electrons. The molecule has 2 aromatic carbocycles. The molecule has 3 heteroatoms. The maximum atomic E-state index is 5.82. The molecule has 0 aromatic heterocycles. The van der Waals surface area contributed by atoms with Gasteiger partial charge in [0, 0.05) is 31.2 Å². The van der Waals surface area contributed by atoms with Crippen LogP contribution in [0.5, 0.6) is 0 Å². The fourth-order valence-electron chi connectivity index (χ4n) is 3.13. The van der Waals surface area contributed by atoms with Gasteiger partial charge in [-0.05, 0) is 42.7 Å². The molecule has 1 aliphatic rings. The second kappa shape index (κ2) is 7.23. The molecule has 0 fully saturated rings. The van der Waals surface area contributed by atoms with E-state index >= 15 is 0 Å². The second-order valence-corrected chi connectivity index (χ2v) is 6.13. The van der Waals surface area contributed by atoms with E-state index in [1.807, 2.05) is 0 Å². The highest BCUT2D eigenvalue weighted by atomic mass is 15.1. The van der Waals surface area contributed by atoms with Crippen molar-refractivity contribution in [2.75, 3.05) is 24.5 Å². The Hall–Kier alpha value is -2.42. The molecule has 2 aromatic rings. The summed E-state index contributed by atoms with van der Waals surface area (Å²) in [6.45, 7) is 5.14. The summed E-state index contributed by atoms with van der Waals surface area (Å²) in [6.07, 6.45) is 3.11. The van der Waals surface area contributed by atoms with E-state index in [0.717, 1.165) is 31.9 Å². The largest absolute Gasteiger partial charge is 0.386 e. The smallest absolute Gasteiger partial charge is 0.0923 e. The third-order valence-corrected chi connectivity index (χ3v) is 4.35. The highest BCUT2D eigenvalue weighted by Crippen LogP contribution is 2.21. The van der Waals surface area contributed by atoms with Crippen LogP contribution in [0.1, 0.15) is 18.1 Å². The zero-order valence-electron chi connectivity index (χ0n) is 13.7. The van der Waals surface area contributed by atoms with Crippen molar-refractivity contribution in [2.24, 2.45) is 11.7 Å². The molecule has 0 saturated carbocycles. The van der Waals surface area contributed by atoms with Gasteiger partial charge in [-0.25, -0.2) is 0 Å². The van der Waals surface area contributed by atoms with Crippen molar-refractivity contribution in [3.05, 3.63) is 77.6 Å². The number of hydrogen-bond acceptors (Lipinski definition) is 3. The van der Waals surface area contributed by atoms with Gasteiger partial charge in [-0.1, -0.05) is 42.5 Å². The molecule has 23 heavy (non-hydrogen) atoms. The van der Waals surface area contributed by atoms with Crippen molar-refractivity contribution < 1.29 is 0 Å². The van der Waals surface area contributed by atoms with Crippen molar-refractivity contribution in [3.63, 3.8) is 0 Å². The zero-order chi connectivity index (χ0) is 16.1. The predicted molar refractivity (Wildman–Crippen MR) is 97.3 cm³/mol. The van der Waals surface area contributed by atoms with Gasteiger partial charge < -0.3 is 16.0 Å². The van der Waals surface area contributed by atoms with Crippen molar-refractivity contribution in [1.29, 1.82) is 0 Å². The van der Waals surface area contributed by atoms with E-state index < -0.39 is 0 Å². The molecule has 0 spiro atoms. The lowest BCUT2D eigenvalue weighted by Crippen LogP contribution is -2.30. The van der Waals surface area contributed by atoms with Crippen molar-refractivity contribution in [2.45, 2.75) is 13.3 Å². The first kappa shape index (κ1) is 15.5. The Kier molecular flexibility index (Phi) is 4.86.